The molecule has 0 bridgehead atoms. The zero-order valence-electron chi connectivity index (χ0n) is 9.22. The molecule has 5 nitrogen and oxygen atoms in total. The Balaban J connectivity index is 2.25. The minimum Gasteiger partial charge on any atom is -0.505 e. The number of hydrogen-bond acceptors (Lipinski definition) is 4. The Hall–Kier alpha value is -2.63. The van der Waals surface area contributed by atoms with E-state index >= 15 is 0 Å². The molecular weight excluding hydrogens is 237 g/mol. The number of phenols is 1. The van der Waals surface area contributed by atoms with Gasteiger partial charge in [-0.05, 0) is 24.3 Å². The van der Waals surface area contributed by atoms with Gasteiger partial charge in [0.1, 0.15) is 5.82 Å². The maximum Gasteiger partial charge on any atom is 0.260 e. The van der Waals surface area contributed by atoms with Crippen LogP contribution in [0.5, 0.6) is 5.75 Å². The highest BCUT2D eigenvalue weighted by atomic mass is 19.1. The topological polar surface area (TPSA) is 88.2 Å². The first-order chi connectivity index (χ1) is 8.58. The summed E-state index contributed by atoms with van der Waals surface area (Å²) in [5, 5.41) is 12.0. The van der Waals surface area contributed by atoms with Crippen LogP contribution in [-0.2, 0) is 0 Å². The van der Waals surface area contributed by atoms with Gasteiger partial charge in [0.15, 0.2) is 5.75 Å². The number of benzene rings is 1. The van der Waals surface area contributed by atoms with E-state index in [-0.39, 0.29) is 22.8 Å². The van der Waals surface area contributed by atoms with Crippen molar-refractivity contribution in [1.82, 2.24) is 4.98 Å². The van der Waals surface area contributed by atoms with Crippen molar-refractivity contribution < 1.29 is 14.3 Å². The number of pyridine rings is 1. The van der Waals surface area contributed by atoms with Crippen LogP contribution in [0.3, 0.4) is 0 Å². The van der Waals surface area contributed by atoms with Crippen LogP contribution in [0.25, 0.3) is 0 Å². The number of halogens is 1. The molecule has 2 rings (SSSR count). The number of amides is 1. The largest absolute Gasteiger partial charge is 0.505 e. The molecular formula is C12H10FN3O2. The molecule has 2 aromatic rings. The third-order valence-electron chi connectivity index (χ3n) is 2.27. The lowest BCUT2D eigenvalue weighted by molar-refractivity contribution is 0.102. The summed E-state index contributed by atoms with van der Waals surface area (Å²) in [6, 6.07) is 8.41. The summed E-state index contributed by atoms with van der Waals surface area (Å²) >= 11 is 0. The van der Waals surface area contributed by atoms with Crippen LogP contribution in [0.2, 0.25) is 0 Å². The first kappa shape index (κ1) is 11.8. The van der Waals surface area contributed by atoms with Crippen LogP contribution < -0.4 is 11.1 Å². The first-order valence-electron chi connectivity index (χ1n) is 5.09. The number of carbonyl (C=O) groups excluding carboxylic acids is 1. The number of rotatable bonds is 2. The molecule has 0 aliphatic heterocycles. The van der Waals surface area contributed by atoms with Crippen molar-refractivity contribution in [2.24, 2.45) is 0 Å². The van der Waals surface area contributed by atoms with E-state index in [0.717, 1.165) is 6.07 Å². The smallest absolute Gasteiger partial charge is 0.260 e. The summed E-state index contributed by atoms with van der Waals surface area (Å²) < 4.78 is 12.8. The third kappa shape index (κ3) is 2.37. The van der Waals surface area contributed by atoms with Crippen LogP contribution in [0, 0.1) is 5.95 Å². The van der Waals surface area contributed by atoms with E-state index in [0.29, 0.717) is 0 Å². The normalized spacial score (nSPS) is 10.1. The standard InChI is InChI=1S/C12H10FN3O2/c13-9-5-2-6-10(15-9)16-12(18)7-3-1-4-8(14)11(7)17/h1-6,17H,14H2,(H,15,16,18). The average molecular weight is 247 g/mol. The SMILES string of the molecule is Nc1cccc(C(=O)Nc2cccc(F)n2)c1O. The van der Waals surface area contributed by atoms with Crippen molar-refractivity contribution in [2.75, 3.05) is 11.1 Å². The van der Waals surface area contributed by atoms with Gasteiger partial charge >= 0.3 is 0 Å². The van der Waals surface area contributed by atoms with Gasteiger partial charge in [0.25, 0.3) is 5.91 Å². The number of carbonyl (C=O) groups is 1. The van der Waals surface area contributed by atoms with Gasteiger partial charge in [0.2, 0.25) is 5.95 Å². The van der Waals surface area contributed by atoms with E-state index < -0.39 is 11.9 Å². The zero-order chi connectivity index (χ0) is 13.1. The van der Waals surface area contributed by atoms with E-state index in [1.165, 1.54) is 30.3 Å². The molecule has 92 valence electrons. The summed E-state index contributed by atoms with van der Waals surface area (Å²) in [5.41, 5.74) is 5.56. The Morgan fingerprint density at radius 3 is 2.72 bits per heavy atom. The zero-order valence-corrected chi connectivity index (χ0v) is 9.22. The van der Waals surface area contributed by atoms with Crippen LogP contribution >= 0.6 is 0 Å². The van der Waals surface area contributed by atoms with E-state index in [2.05, 4.69) is 10.3 Å². The Kier molecular flexibility index (Phi) is 3.09. The lowest BCUT2D eigenvalue weighted by Crippen LogP contribution is -2.13. The molecule has 1 aromatic carbocycles. The van der Waals surface area contributed by atoms with Gasteiger partial charge < -0.3 is 16.2 Å². The van der Waals surface area contributed by atoms with Crippen LogP contribution in [0.1, 0.15) is 10.4 Å². The second-order valence-corrected chi connectivity index (χ2v) is 3.54. The summed E-state index contributed by atoms with van der Waals surface area (Å²) in [7, 11) is 0. The van der Waals surface area contributed by atoms with Crippen molar-refractivity contribution in [1.29, 1.82) is 0 Å². The van der Waals surface area contributed by atoms with Gasteiger partial charge in [-0.1, -0.05) is 12.1 Å². The summed E-state index contributed by atoms with van der Waals surface area (Å²) in [4.78, 5) is 15.3. The number of para-hydroxylation sites is 1. The van der Waals surface area contributed by atoms with Crippen molar-refractivity contribution in [3.63, 3.8) is 0 Å². The summed E-state index contributed by atoms with van der Waals surface area (Å²) in [6.07, 6.45) is 0. The minimum atomic E-state index is -0.704. The molecule has 0 radical (unpaired) electrons. The predicted molar refractivity (Wildman–Crippen MR) is 64.7 cm³/mol. The molecule has 6 heteroatoms. The molecule has 0 unspecified atom stereocenters. The maximum atomic E-state index is 12.8. The lowest BCUT2D eigenvalue weighted by atomic mass is 10.1. The molecule has 0 spiro atoms. The van der Waals surface area contributed by atoms with Gasteiger partial charge in [-0.15, -0.1) is 0 Å². The second kappa shape index (κ2) is 4.70. The molecule has 0 aliphatic rings. The van der Waals surface area contributed by atoms with Crippen molar-refractivity contribution >= 4 is 17.4 Å². The molecule has 0 saturated carbocycles. The monoisotopic (exact) mass is 247 g/mol. The maximum absolute atomic E-state index is 12.8. The van der Waals surface area contributed by atoms with Gasteiger partial charge in [0, 0.05) is 0 Å². The van der Waals surface area contributed by atoms with E-state index in [1.54, 1.807) is 0 Å². The molecule has 1 amide bonds. The van der Waals surface area contributed by atoms with Gasteiger partial charge in [0.05, 0.1) is 11.3 Å². The summed E-state index contributed by atoms with van der Waals surface area (Å²) in [5.74, 6) is -1.57. The predicted octanol–water partition coefficient (Wildman–Crippen LogP) is 1.76. The fourth-order valence-electron chi connectivity index (χ4n) is 1.41. The second-order valence-electron chi connectivity index (χ2n) is 3.54. The number of nitrogen functional groups attached to an aromatic ring is 1. The lowest BCUT2D eigenvalue weighted by Gasteiger charge is -2.07. The van der Waals surface area contributed by atoms with Crippen LogP contribution in [0.15, 0.2) is 36.4 Å². The highest BCUT2D eigenvalue weighted by molar-refractivity contribution is 6.06. The highest BCUT2D eigenvalue weighted by Gasteiger charge is 2.13. The number of nitrogens with one attached hydrogen (secondary N) is 1. The van der Waals surface area contributed by atoms with Gasteiger partial charge in [-0.3, -0.25) is 4.79 Å². The number of phenolic OH excluding ortho intramolecular Hbond substituents is 1. The molecule has 4 N–H and O–H groups in total. The van der Waals surface area contributed by atoms with E-state index in [9.17, 15) is 14.3 Å². The summed E-state index contributed by atoms with van der Waals surface area (Å²) in [6.45, 7) is 0. The van der Waals surface area contributed by atoms with Crippen molar-refractivity contribution in [3.05, 3.63) is 47.9 Å². The van der Waals surface area contributed by atoms with Crippen molar-refractivity contribution in [2.45, 2.75) is 0 Å². The number of anilines is 2. The van der Waals surface area contributed by atoms with Crippen LogP contribution in [-0.4, -0.2) is 16.0 Å². The number of hydrogen-bond donors (Lipinski definition) is 3. The molecule has 0 atom stereocenters. The number of nitrogens with two attached hydrogens (primary N) is 1. The fraction of sp³-hybridized carbons (Fsp3) is 0. The highest BCUT2D eigenvalue weighted by Crippen LogP contribution is 2.24. The fourth-order valence-corrected chi connectivity index (χ4v) is 1.41. The Labute approximate surface area is 102 Å². The third-order valence-corrected chi connectivity index (χ3v) is 2.27. The first-order valence-corrected chi connectivity index (χ1v) is 5.09. The number of aromatic nitrogens is 1. The Morgan fingerprint density at radius 2 is 2.00 bits per heavy atom. The molecule has 1 aromatic heterocycles. The number of nitrogens with zero attached hydrogens (tertiary/aromatic N) is 1. The molecule has 1 heterocycles. The number of aromatic hydroxyl groups is 1. The molecule has 0 saturated heterocycles. The van der Waals surface area contributed by atoms with E-state index in [4.69, 9.17) is 5.73 Å². The van der Waals surface area contributed by atoms with Gasteiger partial charge in [-0.25, -0.2) is 4.98 Å². The average Bonchev–Trinajstić information content (AvgIpc) is 2.32. The van der Waals surface area contributed by atoms with E-state index in [1.807, 2.05) is 0 Å². The van der Waals surface area contributed by atoms with Crippen molar-refractivity contribution in [3.8, 4) is 5.75 Å². The molecule has 0 aliphatic carbocycles. The Bertz CT molecular complexity index is 602. The van der Waals surface area contributed by atoms with Crippen LogP contribution in [0.4, 0.5) is 15.9 Å². The van der Waals surface area contributed by atoms with Gasteiger partial charge in [-0.2, -0.15) is 4.39 Å². The Morgan fingerprint density at radius 1 is 1.28 bits per heavy atom. The molecule has 0 fully saturated rings. The minimum absolute atomic E-state index is 0.000983. The molecule has 18 heavy (non-hydrogen) atoms. The quantitative estimate of drug-likeness (QED) is 0.428.